The maximum atomic E-state index is 14.0. The van der Waals surface area contributed by atoms with Crippen LogP contribution in [0.5, 0.6) is 5.75 Å². The van der Waals surface area contributed by atoms with Gasteiger partial charge < -0.3 is 4.74 Å². The van der Waals surface area contributed by atoms with Crippen molar-refractivity contribution in [3.8, 4) is 5.75 Å². The number of benzene rings is 2. The summed E-state index contributed by atoms with van der Waals surface area (Å²) in [7, 11) is -3.72. The molecule has 0 bridgehead atoms. The standard InChI is InChI=1S/C17H18FNO3S/c1-2-22-17-8-7-15(11-16(17)18)23(20,21)19-10-9-13-5-3-4-6-14(13)12-19/h3-8,11H,2,9-10,12H2,1H3. The molecule has 6 heteroatoms. The zero-order chi connectivity index (χ0) is 16.4. The SMILES string of the molecule is CCOc1ccc(S(=O)(=O)N2CCc3ccccc3C2)cc1F. The fourth-order valence-corrected chi connectivity index (χ4v) is 4.17. The number of sulfonamides is 1. The van der Waals surface area contributed by atoms with Gasteiger partial charge >= 0.3 is 0 Å². The van der Waals surface area contributed by atoms with Gasteiger partial charge in [0.2, 0.25) is 10.0 Å². The van der Waals surface area contributed by atoms with Crippen molar-refractivity contribution in [2.45, 2.75) is 24.8 Å². The number of halogens is 1. The van der Waals surface area contributed by atoms with Crippen LogP contribution in [0, 0.1) is 5.82 Å². The third-order valence-corrected chi connectivity index (χ3v) is 5.78. The van der Waals surface area contributed by atoms with Crippen molar-refractivity contribution in [3.05, 3.63) is 59.4 Å². The Hall–Kier alpha value is -1.92. The molecular weight excluding hydrogens is 317 g/mol. The lowest BCUT2D eigenvalue weighted by atomic mass is 10.0. The molecule has 0 radical (unpaired) electrons. The van der Waals surface area contributed by atoms with E-state index in [1.54, 1.807) is 6.92 Å². The highest BCUT2D eigenvalue weighted by atomic mass is 32.2. The Labute approximate surface area is 135 Å². The van der Waals surface area contributed by atoms with E-state index in [0.717, 1.165) is 17.2 Å². The Morgan fingerprint density at radius 2 is 1.91 bits per heavy atom. The lowest BCUT2D eigenvalue weighted by Gasteiger charge is -2.28. The van der Waals surface area contributed by atoms with Gasteiger partial charge in [0.25, 0.3) is 0 Å². The van der Waals surface area contributed by atoms with Gasteiger partial charge in [-0.3, -0.25) is 0 Å². The molecular formula is C17H18FNO3S. The van der Waals surface area contributed by atoms with E-state index in [-0.39, 0.29) is 10.6 Å². The van der Waals surface area contributed by atoms with Gasteiger partial charge in [-0.2, -0.15) is 4.31 Å². The first kappa shape index (κ1) is 16.0. The number of ether oxygens (including phenoxy) is 1. The summed E-state index contributed by atoms with van der Waals surface area (Å²) in [5, 5.41) is 0. The molecule has 0 aromatic heterocycles. The van der Waals surface area contributed by atoms with Crippen molar-refractivity contribution in [2.24, 2.45) is 0 Å². The summed E-state index contributed by atoms with van der Waals surface area (Å²) in [4.78, 5) is -0.0437. The zero-order valence-electron chi connectivity index (χ0n) is 12.8. The molecule has 0 fully saturated rings. The highest BCUT2D eigenvalue weighted by Gasteiger charge is 2.28. The van der Waals surface area contributed by atoms with Crippen LogP contribution in [0.15, 0.2) is 47.4 Å². The summed E-state index contributed by atoms with van der Waals surface area (Å²) in [5.41, 5.74) is 2.16. The van der Waals surface area contributed by atoms with Crippen LogP contribution in [0.25, 0.3) is 0 Å². The topological polar surface area (TPSA) is 46.6 Å². The smallest absolute Gasteiger partial charge is 0.243 e. The molecule has 23 heavy (non-hydrogen) atoms. The van der Waals surface area contributed by atoms with Gasteiger partial charge in [0.15, 0.2) is 11.6 Å². The van der Waals surface area contributed by atoms with Gasteiger partial charge in [-0.25, -0.2) is 12.8 Å². The molecule has 2 aromatic carbocycles. The van der Waals surface area contributed by atoms with Crippen molar-refractivity contribution in [1.82, 2.24) is 4.31 Å². The lowest BCUT2D eigenvalue weighted by Crippen LogP contribution is -2.35. The first-order valence-electron chi connectivity index (χ1n) is 7.51. The fourth-order valence-electron chi connectivity index (χ4n) is 2.74. The molecule has 0 amide bonds. The highest BCUT2D eigenvalue weighted by Crippen LogP contribution is 2.27. The second-order valence-corrected chi connectivity index (χ2v) is 7.32. The summed E-state index contributed by atoms with van der Waals surface area (Å²) >= 11 is 0. The third kappa shape index (κ3) is 3.09. The number of hydrogen-bond donors (Lipinski definition) is 0. The number of nitrogens with zero attached hydrogens (tertiary/aromatic N) is 1. The second kappa shape index (κ2) is 6.29. The van der Waals surface area contributed by atoms with Crippen molar-refractivity contribution in [2.75, 3.05) is 13.2 Å². The predicted octanol–water partition coefficient (Wildman–Crippen LogP) is 2.97. The molecule has 1 aliphatic rings. The molecule has 0 saturated carbocycles. The van der Waals surface area contributed by atoms with Crippen LogP contribution in [0.1, 0.15) is 18.1 Å². The average molecular weight is 335 g/mol. The average Bonchev–Trinajstić information content (AvgIpc) is 2.56. The molecule has 0 N–H and O–H groups in total. The maximum Gasteiger partial charge on any atom is 0.243 e. The third-order valence-electron chi connectivity index (χ3n) is 3.94. The molecule has 2 aromatic rings. The van der Waals surface area contributed by atoms with E-state index in [2.05, 4.69) is 0 Å². The molecule has 0 atom stereocenters. The predicted molar refractivity (Wildman–Crippen MR) is 85.3 cm³/mol. The Morgan fingerprint density at radius 3 is 2.61 bits per heavy atom. The van der Waals surface area contributed by atoms with E-state index in [1.165, 1.54) is 16.4 Å². The van der Waals surface area contributed by atoms with Gasteiger partial charge in [0.05, 0.1) is 11.5 Å². The van der Waals surface area contributed by atoms with E-state index in [9.17, 15) is 12.8 Å². The zero-order valence-corrected chi connectivity index (χ0v) is 13.6. The van der Waals surface area contributed by atoms with E-state index in [4.69, 9.17) is 4.74 Å². The normalized spacial score (nSPS) is 15.2. The largest absolute Gasteiger partial charge is 0.491 e. The highest BCUT2D eigenvalue weighted by molar-refractivity contribution is 7.89. The molecule has 0 unspecified atom stereocenters. The van der Waals surface area contributed by atoms with Crippen LogP contribution in [0.4, 0.5) is 4.39 Å². The summed E-state index contributed by atoms with van der Waals surface area (Å²) < 4.78 is 45.9. The molecule has 0 spiro atoms. The molecule has 0 aliphatic carbocycles. The van der Waals surface area contributed by atoms with Crippen LogP contribution < -0.4 is 4.74 Å². The minimum Gasteiger partial charge on any atom is -0.491 e. The summed E-state index contributed by atoms with van der Waals surface area (Å²) in [6.07, 6.45) is 0.662. The molecule has 0 saturated heterocycles. The summed E-state index contributed by atoms with van der Waals surface area (Å²) in [5.74, 6) is -0.597. The Bertz CT molecular complexity index is 820. The first-order chi connectivity index (χ1) is 11.0. The van der Waals surface area contributed by atoms with E-state index in [0.29, 0.717) is 26.1 Å². The lowest BCUT2D eigenvalue weighted by molar-refractivity contribution is 0.321. The molecule has 4 nitrogen and oxygen atoms in total. The van der Waals surface area contributed by atoms with Crippen molar-refractivity contribution < 1.29 is 17.5 Å². The van der Waals surface area contributed by atoms with Gasteiger partial charge in [-0.05, 0) is 42.7 Å². The number of hydrogen-bond acceptors (Lipinski definition) is 3. The fraction of sp³-hybridized carbons (Fsp3) is 0.294. The van der Waals surface area contributed by atoms with Crippen molar-refractivity contribution in [3.63, 3.8) is 0 Å². The van der Waals surface area contributed by atoms with Crippen LogP contribution in [0.2, 0.25) is 0 Å². The summed E-state index contributed by atoms with van der Waals surface area (Å²) in [6, 6.07) is 11.6. The van der Waals surface area contributed by atoms with Crippen molar-refractivity contribution >= 4 is 10.0 Å². The molecule has 3 rings (SSSR count). The van der Waals surface area contributed by atoms with Gasteiger partial charge in [-0.1, -0.05) is 24.3 Å². The first-order valence-corrected chi connectivity index (χ1v) is 8.95. The number of fused-ring (bicyclic) bond motifs is 1. The number of rotatable bonds is 4. The maximum absolute atomic E-state index is 14.0. The molecule has 122 valence electrons. The van der Waals surface area contributed by atoms with E-state index in [1.807, 2.05) is 24.3 Å². The van der Waals surface area contributed by atoms with E-state index >= 15 is 0 Å². The second-order valence-electron chi connectivity index (χ2n) is 5.38. The molecule has 1 heterocycles. The van der Waals surface area contributed by atoms with E-state index < -0.39 is 15.8 Å². The van der Waals surface area contributed by atoms with Gasteiger partial charge in [0.1, 0.15) is 0 Å². The Kier molecular flexibility index (Phi) is 4.37. The Morgan fingerprint density at radius 1 is 1.17 bits per heavy atom. The molecule has 1 aliphatic heterocycles. The Balaban J connectivity index is 1.89. The van der Waals surface area contributed by atoms with Gasteiger partial charge in [-0.15, -0.1) is 0 Å². The summed E-state index contributed by atoms with van der Waals surface area (Å²) in [6.45, 7) is 2.78. The van der Waals surface area contributed by atoms with Crippen LogP contribution >= 0.6 is 0 Å². The van der Waals surface area contributed by atoms with Gasteiger partial charge in [0, 0.05) is 13.1 Å². The quantitative estimate of drug-likeness (QED) is 0.863. The van der Waals surface area contributed by atoms with Crippen LogP contribution in [-0.4, -0.2) is 25.9 Å². The van der Waals surface area contributed by atoms with Crippen LogP contribution in [0.3, 0.4) is 0 Å². The minimum atomic E-state index is -3.72. The van der Waals surface area contributed by atoms with Crippen molar-refractivity contribution in [1.29, 1.82) is 0 Å². The monoisotopic (exact) mass is 335 g/mol. The van der Waals surface area contributed by atoms with Crippen LogP contribution in [-0.2, 0) is 23.0 Å². The minimum absolute atomic E-state index is 0.0437.